The number of hydrogen-bond donors (Lipinski definition) is 2. The molecule has 98 valence electrons. The van der Waals surface area contributed by atoms with E-state index in [2.05, 4.69) is 10.3 Å². The number of rotatable bonds is 6. The van der Waals surface area contributed by atoms with E-state index >= 15 is 0 Å². The summed E-state index contributed by atoms with van der Waals surface area (Å²) in [6, 6.07) is -1.05. The summed E-state index contributed by atoms with van der Waals surface area (Å²) in [6.07, 6.45) is 1.11. The fourth-order valence-corrected chi connectivity index (χ4v) is 2.80. The number of carboxylic acid groups (broad SMARTS) is 1. The quantitative estimate of drug-likeness (QED) is 0.450. The zero-order chi connectivity index (χ0) is 13.7. The van der Waals surface area contributed by atoms with E-state index in [9.17, 15) is 19.7 Å². The maximum absolute atomic E-state index is 10.8. The standard InChI is InChI=1S/C8H9N3O5S2/c1-4(12)10-5(7(13)14)3-17-8-9-2-6(18-8)11(15)16/h2,5H,3H2,1H3,(H,10,12)(H,13,14). The molecular weight excluding hydrogens is 282 g/mol. The lowest BCUT2D eigenvalue weighted by Gasteiger charge is -2.11. The third-order valence-corrected chi connectivity index (χ3v) is 3.90. The van der Waals surface area contributed by atoms with Crippen LogP contribution in [0.25, 0.3) is 0 Å². The SMILES string of the molecule is CC(=O)NC(CSc1ncc([N+](=O)[O-])s1)C(=O)O. The fraction of sp³-hybridized carbons (Fsp3) is 0.375. The number of aliphatic carboxylic acids is 1. The van der Waals surface area contributed by atoms with Crippen LogP contribution < -0.4 is 5.32 Å². The fourth-order valence-electron chi connectivity index (χ4n) is 0.976. The highest BCUT2D eigenvalue weighted by atomic mass is 32.2. The molecule has 0 saturated carbocycles. The first-order valence-corrected chi connectivity index (χ1v) is 6.43. The van der Waals surface area contributed by atoms with Gasteiger partial charge in [-0.2, -0.15) is 0 Å². The number of nitro groups is 1. The van der Waals surface area contributed by atoms with Gasteiger partial charge in [-0.05, 0) is 11.3 Å². The largest absolute Gasteiger partial charge is 0.480 e. The molecule has 0 aliphatic carbocycles. The number of nitrogens with one attached hydrogen (secondary N) is 1. The molecule has 1 heterocycles. The van der Waals surface area contributed by atoms with E-state index < -0.39 is 22.8 Å². The van der Waals surface area contributed by atoms with Crippen LogP contribution in [0.1, 0.15) is 6.92 Å². The second-order valence-corrected chi connectivity index (χ2v) is 5.40. The van der Waals surface area contributed by atoms with Crippen molar-refractivity contribution in [1.29, 1.82) is 0 Å². The molecule has 0 aliphatic rings. The predicted molar refractivity (Wildman–Crippen MR) is 64.7 cm³/mol. The topological polar surface area (TPSA) is 122 Å². The summed E-state index contributed by atoms with van der Waals surface area (Å²) < 4.78 is 0.387. The predicted octanol–water partition coefficient (Wildman–Crippen LogP) is 0.733. The van der Waals surface area contributed by atoms with Gasteiger partial charge in [0.15, 0.2) is 4.34 Å². The van der Waals surface area contributed by atoms with Gasteiger partial charge >= 0.3 is 11.0 Å². The molecule has 0 aromatic carbocycles. The Balaban J connectivity index is 2.58. The van der Waals surface area contributed by atoms with Crippen LogP contribution in [-0.2, 0) is 9.59 Å². The van der Waals surface area contributed by atoms with E-state index in [1.807, 2.05) is 0 Å². The average Bonchev–Trinajstić information content (AvgIpc) is 2.72. The van der Waals surface area contributed by atoms with E-state index in [-0.39, 0.29) is 10.8 Å². The number of thioether (sulfide) groups is 1. The molecule has 1 aromatic heterocycles. The maximum Gasteiger partial charge on any atom is 0.344 e. The number of thiazole rings is 1. The van der Waals surface area contributed by atoms with Crippen molar-refractivity contribution < 1.29 is 19.6 Å². The molecular formula is C8H9N3O5S2. The molecule has 0 bridgehead atoms. The molecule has 1 aromatic rings. The van der Waals surface area contributed by atoms with Crippen molar-refractivity contribution in [3.8, 4) is 0 Å². The third-order valence-electron chi connectivity index (χ3n) is 1.70. The second-order valence-electron chi connectivity index (χ2n) is 3.12. The average molecular weight is 291 g/mol. The van der Waals surface area contributed by atoms with Gasteiger partial charge in [0, 0.05) is 12.7 Å². The number of nitrogens with zero attached hydrogens (tertiary/aromatic N) is 2. The van der Waals surface area contributed by atoms with Gasteiger partial charge in [-0.3, -0.25) is 14.9 Å². The Labute approximate surface area is 110 Å². The van der Waals surface area contributed by atoms with Gasteiger partial charge in [0.1, 0.15) is 12.2 Å². The Kier molecular flexibility index (Phi) is 5.04. The number of carboxylic acids is 1. The van der Waals surface area contributed by atoms with Crippen molar-refractivity contribution in [2.24, 2.45) is 0 Å². The maximum atomic E-state index is 10.8. The van der Waals surface area contributed by atoms with Gasteiger partial charge in [0.25, 0.3) is 0 Å². The first-order valence-electron chi connectivity index (χ1n) is 4.63. The summed E-state index contributed by atoms with van der Waals surface area (Å²) >= 11 is 1.91. The van der Waals surface area contributed by atoms with E-state index in [0.29, 0.717) is 4.34 Å². The van der Waals surface area contributed by atoms with E-state index in [4.69, 9.17) is 5.11 Å². The van der Waals surface area contributed by atoms with Crippen molar-refractivity contribution in [2.75, 3.05) is 5.75 Å². The number of hydrogen-bond acceptors (Lipinski definition) is 7. The van der Waals surface area contributed by atoms with E-state index in [1.54, 1.807) is 0 Å². The molecule has 0 aliphatic heterocycles. The minimum absolute atomic E-state index is 0.0551. The zero-order valence-electron chi connectivity index (χ0n) is 9.15. The van der Waals surface area contributed by atoms with Gasteiger partial charge in [0.2, 0.25) is 5.91 Å². The highest BCUT2D eigenvalue weighted by Crippen LogP contribution is 2.29. The van der Waals surface area contributed by atoms with Crippen LogP contribution in [0.15, 0.2) is 10.5 Å². The molecule has 1 unspecified atom stereocenters. The lowest BCUT2D eigenvalue weighted by atomic mass is 10.3. The van der Waals surface area contributed by atoms with Crippen LogP contribution in [0.2, 0.25) is 0 Å². The third kappa shape index (κ3) is 4.30. The molecule has 0 fully saturated rings. The first-order chi connectivity index (χ1) is 8.40. The first kappa shape index (κ1) is 14.4. The van der Waals surface area contributed by atoms with Crippen LogP contribution in [0, 0.1) is 10.1 Å². The van der Waals surface area contributed by atoms with Crippen LogP contribution in [0.3, 0.4) is 0 Å². The van der Waals surface area contributed by atoms with Crippen molar-refractivity contribution in [2.45, 2.75) is 17.3 Å². The monoisotopic (exact) mass is 291 g/mol. The molecule has 1 rings (SSSR count). The smallest absolute Gasteiger partial charge is 0.344 e. The van der Waals surface area contributed by atoms with Crippen LogP contribution in [0.4, 0.5) is 5.00 Å². The summed E-state index contributed by atoms with van der Waals surface area (Å²) in [5, 5.41) is 21.4. The van der Waals surface area contributed by atoms with Gasteiger partial charge in [0.05, 0.1) is 4.92 Å². The number of carbonyl (C=O) groups excluding carboxylic acids is 1. The molecule has 18 heavy (non-hydrogen) atoms. The molecule has 0 spiro atoms. The van der Waals surface area contributed by atoms with Gasteiger partial charge < -0.3 is 10.4 Å². The lowest BCUT2D eigenvalue weighted by Crippen LogP contribution is -2.41. The van der Waals surface area contributed by atoms with E-state index in [1.165, 1.54) is 6.92 Å². The minimum atomic E-state index is -1.16. The van der Waals surface area contributed by atoms with Crippen LogP contribution in [-0.4, -0.2) is 38.7 Å². The normalized spacial score (nSPS) is 11.8. The molecule has 0 saturated heterocycles. The summed E-state index contributed by atoms with van der Waals surface area (Å²) in [6.45, 7) is 1.22. The summed E-state index contributed by atoms with van der Waals surface area (Å²) in [7, 11) is 0. The van der Waals surface area contributed by atoms with Crippen LogP contribution in [0.5, 0.6) is 0 Å². The van der Waals surface area contributed by atoms with Crippen LogP contribution >= 0.6 is 23.1 Å². The molecule has 10 heteroatoms. The molecule has 1 amide bonds. The molecule has 2 N–H and O–H groups in total. The second kappa shape index (κ2) is 6.31. The zero-order valence-corrected chi connectivity index (χ0v) is 10.8. The van der Waals surface area contributed by atoms with Gasteiger partial charge in [-0.1, -0.05) is 11.8 Å². The Bertz CT molecular complexity index is 475. The highest BCUT2D eigenvalue weighted by Gasteiger charge is 2.20. The van der Waals surface area contributed by atoms with Crippen molar-refractivity contribution in [1.82, 2.24) is 10.3 Å². The Morgan fingerprint density at radius 1 is 1.72 bits per heavy atom. The molecule has 1 atom stereocenters. The Morgan fingerprint density at radius 3 is 2.83 bits per heavy atom. The Morgan fingerprint density at radius 2 is 2.39 bits per heavy atom. The summed E-state index contributed by atoms with van der Waals surface area (Å²) in [5.41, 5.74) is 0. The van der Waals surface area contributed by atoms with Gasteiger partial charge in [-0.25, -0.2) is 9.78 Å². The molecule has 8 nitrogen and oxygen atoms in total. The number of aromatic nitrogens is 1. The van der Waals surface area contributed by atoms with Gasteiger partial charge in [-0.15, -0.1) is 0 Å². The summed E-state index contributed by atoms with van der Waals surface area (Å²) in [4.78, 5) is 35.2. The Hall–Kier alpha value is -1.68. The van der Waals surface area contributed by atoms with Crippen molar-refractivity contribution >= 4 is 40.0 Å². The number of amides is 1. The number of carbonyl (C=O) groups is 2. The van der Waals surface area contributed by atoms with Crippen molar-refractivity contribution in [3.05, 3.63) is 16.3 Å². The van der Waals surface area contributed by atoms with Crippen molar-refractivity contribution in [3.63, 3.8) is 0 Å². The summed E-state index contributed by atoms with van der Waals surface area (Å²) in [5.74, 6) is -1.56. The van der Waals surface area contributed by atoms with E-state index in [0.717, 1.165) is 29.3 Å². The highest BCUT2D eigenvalue weighted by molar-refractivity contribution is 8.01. The molecule has 0 radical (unpaired) electrons. The lowest BCUT2D eigenvalue weighted by molar-refractivity contribution is -0.380. The minimum Gasteiger partial charge on any atom is -0.480 e.